The maximum atomic E-state index is 13.1. The molecule has 0 aliphatic carbocycles. The van der Waals surface area contributed by atoms with E-state index in [-0.39, 0.29) is 5.91 Å². The predicted octanol–water partition coefficient (Wildman–Crippen LogP) is 1.93. The van der Waals surface area contributed by atoms with Crippen molar-refractivity contribution >= 4 is 17.6 Å². The van der Waals surface area contributed by atoms with Gasteiger partial charge in [-0.2, -0.15) is 0 Å². The van der Waals surface area contributed by atoms with Crippen LogP contribution in [0.1, 0.15) is 17.5 Å². The second-order valence-electron chi connectivity index (χ2n) is 6.57. The number of rotatable bonds is 2. The second kappa shape index (κ2) is 5.20. The topological polar surface area (TPSA) is 66.8 Å². The lowest BCUT2D eigenvalue weighted by Gasteiger charge is -2.33. The van der Waals surface area contributed by atoms with Crippen LogP contribution >= 0.6 is 0 Å². The van der Waals surface area contributed by atoms with Crippen LogP contribution in [0.2, 0.25) is 0 Å². The zero-order valence-electron chi connectivity index (χ0n) is 12.9. The molecule has 5 heteroatoms. The fourth-order valence-electron chi connectivity index (χ4n) is 4.03. The van der Waals surface area contributed by atoms with E-state index in [0.717, 1.165) is 24.1 Å². The summed E-state index contributed by atoms with van der Waals surface area (Å²) < 4.78 is 5.64. The van der Waals surface area contributed by atoms with Crippen molar-refractivity contribution in [2.45, 2.75) is 32.0 Å². The normalized spacial score (nSPS) is 31.3. The Morgan fingerprint density at radius 2 is 1.96 bits per heavy atom. The average molecular weight is 313 g/mol. The van der Waals surface area contributed by atoms with E-state index in [0.29, 0.717) is 6.54 Å². The third kappa shape index (κ3) is 2.18. The van der Waals surface area contributed by atoms with Crippen molar-refractivity contribution in [2.24, 2.45) is 11.8 Å². The molecular formula is C18H19NO4. The number of carboxylic acids is 1. The number of amides is 1. The van der Waals surface area contributed by atoms with Gasteiger partial charge >= 0.3 is 5.97 Å². The van der Waals surface area contributed by atoms with Gasteiger partial charge in [-0.25, -0.2) is 0 Å². The minimum Gasteiger partial charge on any atom is -0.481 e. The molecule has 4 rings (SSSR count). The van der Waals surface area contributed by atoms with E-state index in [1.54, 1.807) is 11.0 Å². The highest BCUT2D eigenvalue weighted by molar-refractivity contribution is 5.99. The molecule has 1 amide bonds. The van der Waals surface area contributed by atoms with E-state index in [4.69, 9.17) is 4.74 Å². The van der Waals surface area contributed by atoms with Gasteiger partial charge in [0, 0.05) is 12.2 Å². The van der Waals surface area contributed by atoms with Crippen LogP contribution in [-0.2, 0) is 20.7 Å². The van der Waals surface area contributed by atoms with E-state index >= 15 is 0 Å². The molecule has 0 spiro atoms. The molecule has 0 unspecified atom stereocenters. The third-order valence-corrected chi connectivity index (χ3v) is 5.09. The molecule has 1 saturated heterocycles. The van der Waals surface area contributed by atoms with Crippen molar-refractivity contribution in [3.8, 4) is 0 Å². The molecule has 3 heterocycles. The highest BCUT2D eigenvalue weighted by Crippen LogP contribution is 2.41. The van der Waals surface area contributed by atoms with Crippen molar-refractivity contribution in [3.05, 3.63) is 41.5 Å². The molecule has 1 aromatic rings. The number of ether oxygens (including phenoxy) is 1. The van der Waals surface area contributed by atoms with Gasteiger partial charge < -0.3 is 14.7 Å². The summed E-state index contributed by atoms with van der Waals surface area (Å²) >= 11 is 0. The maximum Gasteiger partial charge on any atom is 0.310 e. The summed E-state index contributed by atoms with van der Waals surface area (Å²) in [6.07, 6.45) is 4.55. The molecule has 1 fully saturated rings. The van der Waals surface area contributed by atoms with Gasteiger partial charge in [0.1, 0.15) is 5.92 Å². The Bertz CT molecular complexity index is 711. The summed E-state index contributed by atoms with van der Waals surface area (Å²) in [4.78, 5) is 26.5. The number of fused-ring (bicyclic) bond motifs is 3. The molecule has 120 valence electrons. The van der Waals surface area contributed by atoms with Crippen LogP contribution in [0.4, 0.5) is 5.69 Å². The molecule has 2 bridgehead atoms. The average Bonchev–Trinajstić information content (AvgIpc) is 3.14. The SMILES string of the molecule is Cc1ccc2c(c1)CCCN2C(=O)[C@H]1[C@@H](C(=O)O)[C@H]2C=C[C@H]1O2. The number of hydrogen-bond donors (Lipinski definition) is 1. The number of benzene rings is 1. The van der Waals surface area contributed by atoms with E-state index in [2.05, 4.69) is 6.07 Å². The highest BCUT2D eigenvalue weighted by atomic mass is 16.5. The smallest absolute Gasteiger partial charge is 0.310 e. The lowest BCUT2D eigenvalue weighted by atomic mass is 9.81. The Hall–Kier alpha value is -2.14. The molecule has 5 nitrogen and oxygen atoms in total. The first-order chi connectivity index (χ1) is 11.1. The Morgan fingerprint density at radius 1 is 1.22 bits per heavy atom. The quantitative estimate of drug-likeness (QED) is 0.847. The first-order valence-corrected chi connectivity index (χ1v) is 8.04. The molecule has 3 aliphatic heterocycles. The van der Waals surface area contributed by atoms with Crippen LogP contribution in [0.5, 0.6) is 0 Å². The number of carboxylic acid groups (broad SMARTS) is 1. The Labute approximate surface area is 134 Å². The van der Waals surface area contributed by atoms with Crippen LogP contribution in [0, 0.1) is 18.8 Å². The van der Waals surface area contributed by atoms with E-state index < -0.39 is 30.0 Å². The van der Waals surface area contributed by atoms with Gasteiger partial charge in [-0.1, -0.05) is 29.8 Å². The summed E-state index contributed by atoms with van der Waals surface area (Å²) in [5.41, 5.74) is 3.26. The molecule has 1 N–H and O–H groups in total. The number of anilines is 1. The number of nitrogens with zero attached hydrogens (tertiary/aromatic N) is 1. The molecule has 0 saturated carbocycles. The largest absolute Gasteiger partial charge is 0.481 e. The van der Waals surface area contributed by atoms with Gasteiger partial charge in [0.25, 0.3) is 0 Å². The lowest BCUT2D eigenvalue weighted by Crippen LogP contribution is -2.46. The van der Waals surface area contributed by atoms with Crippen molar-refractivity contribution in [1.82, 2.24) is 0 Å². The Balaban J connectivity index is 1.68. The van der Waals surface area contributed by atoms with Gasteiger partial charge in [0.05, 0.1) is 18.1 Å². The zero-order chi connectivity index (χ0) is 16.1. The van der Waals surface area contributed by atoms with E-state index in [1.807, 2.05) is 25.1 Å². The van der Waals surface area contributed by atoms with Gasteiger partial charge in [0.2, 0.25) is 5.91 Å². The van der Waals surface area contributed by atoms with Crippen LogP contribution in [0.15, 0.2) is 30.4 Å². The third-order valence-electron chi connectivity index (χ3n) is 5.09. The summed E-state index contributed by atoms with van der Waals surface area (Å²) in [7, 11) is 0. The lowest BCUT2D eigenvalue weighted by molar-refractivity contribution is -0.146. The maximum absolute atomic E-state index is 13.1. The fraction of sp³-hybridized carbons (Fsp3) is 0.444. The van der Waals surface area contributed by atoms with Crippen LogP contribution in [0.25, 0.3) is 0 Å². The number of aryl methyl sites for hydroxylation is 2. The standard InChI is InChI=1S/C18H19NO4/c1-10-4-5-12-11(9-10)3-2-8-19(12)17(20)15-13-6-7-14(23-13)16(15)18(21)22/h4-7,9,13-16H,2-3,8H2,1H3,(H,21,22)/t13-,14-,15-,16+/m1/s1. The number of aliphatic carboxylic acids is 1. The minimum absolute atomic E-state index is 0.126. The summed E-state index contributed by atoms with van der Waals surface area (Å²) in [5, 5.41) is 9.50. The van der Waals surface area contributed by atoms with Gasteiger partial charge in [-0.15, -0.1) is 0 Å². The van der Waals surface area contributed by atoms with E-state index in [9.17, 15) is 14.7 Å². The first-order valence-electron chi connectivity index (χ1n) is 8.04. The van der Waals surface area contributed by atoms with Gasteiger partial charge in [-0.3, -0.25) is 9.59 Å². The molecule has 0 aromatic heterocycles. The number of carbonyl (C=O) groups excluding carboxylic acids is 1. The molecule has 23 heavy (non-hydrogen) atoms. The van der Waals surface area contributed by atoms with Crippen molar-refractivity contribution in [3.63, 3.8) is 0 Å². The molecule has 3 aliphatic rings. The van der Waals surface area contributed by atoms with Crippen LogP contribution in [0.3, 0.4) is 0 Å². The van der Waals surface area contributed by atoms with Crippen LogP contribution in [-0.4, -0.2) is 35.7 Å². The van der Waals surface area contributed by atoms with Crippen LogP contribution < -0.4 is 4.90 Å². The highest BCUT2D eigenvalue weighted by Gasteiger charge is 2.54. The predicted molar refractivity (Wildman–Crippen MR) is 84.3 cm³/mol. The Kier molecular flexibility index (Phi) is 3.27. The fourth-order valence-corrected chi connectivity index (χ4v) is 4.03. The minimum atomic E-state index is -0.957. The van der Waals surface area contributed by atoms with Gasteiger partial charge in [0.15, 0.2) is 0 Å². The number of carbonyl (C=O) groups is 2. The monoisotopic (exact) mass is 313 g/mol. The van der Waals surface area contributed by atoms with Crippen molar-refractivity contribution < 1.29 is 19.4 Å². The van der Waals surface area contributed by atoms with Gasteiger partial charge in [-0.05, 0) is 31.4 Å². The summed E-state index contributed by atoms with van der Waals surface area (Å²) in [6.45, 7) is 2.68. The molecule has 0 radical (unpaired) electrons. The molecule has 1 aromatic carbocycles. The molecule has 4 atom stereocenters. The number of hydrogen-bond acceptors (Lipinski definition) is 3. The summed E-state index contributed by atoms with van der Waals surface area (Å²) in [6, 6.07) is 6.08. The first kappa shape index (κ1) is 14.5. The Morgan fingerprint density at radius 3 is 2.70 bits per heavy atom. The summed E-state index contributed by atoms with van der Waals surface area (Å²) in [5.74, 6) is -2.50. The second-order valence-corrected chi connectivity index (χ2v) is 6.57. The van der Waals surface area contributed by atoms with E-state index in [1.165, 1.54) is 5.56 Å². The zero-order valence-corrected chi connectivity index (χ0v) is 12.9. The van der Waals surface area contributed by atoms with Crippen molar-refractivity contribution in [1.29, 1.82) is 0 Å². The molecular weight excluding hydrogens is 294 g/mol. The van der Waals surface area contributed by atoms with Crippen molar-refractivity contribution in [2.75, 3.05) is 11.4 Å².